The Morgan fingerprint density at radius 1 is 1.23 bits per heavy atom. The number of hydrogen-bond acceptors (Lipinski definition) is 4. The van der Waals surface area contributed by atoms with Gasteiger partial charge in [-0.05, 0) is 30.7 Å². The first-order chi connectivity index (χ1) is 10.7. The molecule has 0 aliphatic carbocycles. The molecule has 0 spiro atoms. The quantitative estimate of drug-likeness (QED) is 0.824. The van der Waals surface area contributed by atoms with Crippen LogP contribution < -0.4 is 15.4 Å². The van der Waals surface area contributed by atoms with Gasteiger partial charge in [0.05, 0.1) is 12.8 Å². The summed E-state index contributed by atoms with van der Waals surface area (Å²) in [6, 6.07) is 7.36. The van der Waals surface area contributed by atoms with Gasteiger partial charge in [-0.25, -0.2) is 9.78 Å². The lowest BCUT2D eigenvalue weighted by atomic mass is 10.2. The molecule has 0 radical (unpaired) electrons. The molecule has 0 saturated heterocycles. The van der Waals surface area contributed by atoms with Gasteiger partial charge in [-0.3, -0.25) is 0 Å². The highest BCUT2D eigenvalue weighted by molar-refractivity contribution is 5.73. The summed E-state index contributed by atoms with van der Waals surface area (Å²) in [6.07, 6.45) is 3.16. The first-order valence-electron chi connectivity index (χ1n) is 7.33. The van der Waals surface area contributed by atoms with E-state index in [0.717, 1.165) is 23.4 Å². The van der Waals surface area contributed by atoms with Gasteiger partial charge in [0.25, 0.3) is 0 Å². The molecule has 2 aromatic rings. The molecule has 6 heteroatoms. The van der Waals surface area contributed by atoms with E-state index in [2.05, 4.69) is 15.6 Å². The molecule has 2 N–H and O–H groups in total. The van der Waals surface area contributed by atoms with Crippen LogP contribution in [-0.2, 0) is 6.42 Å². The van der Waals surface area contributed by atoms with E-state index in [1.165, 1.54) is 0 Å². The molecule has 0 fully saturated rings. The summed E-state index contributed by atoms with van der Waals surface area (Å²) >= 11 is 0. The average molecular weight is 303 g/mol. The molecule has 2 amide bonds. The minimum Gasteiger partial charge on any atom is -0.497 e. The van der Waals surface area contributed by atoms with Crippen LogP contribution in [0.1, 0.15) is 19.0 Å². The van der Waals surface area contributed by atoms with Crippen molar-refractivity contribution >= 4 is 6.03 Å². The van der Waals surface area contributed by atoms with Gasteiger partial charge < -0.3 is 19.8 Å². The Morgan fingerprint density at radius 2 is 1.95 bits per heavy atom. The molecule has 1 heterocycles. The van der Waals surface area contributed by atoms with E-state index in [1.54, 1.807) is 13.4 Å². The number of nitrogens with one attached hydrogen (secondary N) is 2. The van der Waals surface area contributed by atoms with Crippen molar-refractivity contribution in [3.63, 3.8) is 0 Å². The third-order valence-electron chi connectivity index (χ3n) is 3.09. The molecular weight excluding hydrogens is 282 g/mol. The first-order valence-corrected chi connectivity index (χ1v) is 7.33. The van der Waals surface area contributed by atoms with Gasteiger partial charge in [0.2, 0.25) is 5.89 Å². The molecule has 0 aliphatic heterocycles. The highest BCUT2D eigenvalue weighted by Crippen LogP contribution is 2.21. The zero-order valence-corrected chi connectivity index (χ0v) is 12.9. The summed E-state index contributed by atoms with van der Waals surface area (Å²) in [4.78, 5) is 15.8. The smallest absolute Gasteiger partial charge is 0.314 e. The zero-order valence-electron chi connectivity index (χ0n) is 12.9. The third kappa shape index (κ3) is 4.51. The summed E-state index contributed by atoms with van der Waals surface area (Å²) in [5.41, 5.74) is 1.70. The van der Waals surface area contributed by atoms with E-state index < -0.39 is 0 Å². The van der Waals surface area contributed by atoms with Crippen LogP contribution in [-0.4, -0.2) is 31.2 Å². The number of rotatable bonds is 7. The summed E-state index contributed by atoms with van der Waals surface area (Å²) in [7, 11) is 1.63. The molecule has 6 nitrogen and oxygen atoms in total. The number of carbonyl (C=O) groups is 1. The lowest BCUT2D eigenvalue weighted by Gasteiger charge is -2.04. The number of benzene rings is 1. The van der Waals surface area contributed by atoms with Crippen LogP contribution in [0.3, 0.4) is 0 Å². The van der Waals surface area contributed by atoms with Crippen LogP contribution in [0.2, 0.25) is 0 Å². The lowest BCUT2D eigenvalue weighted by molar-refractivity contribution is 0.241. The predicted octanol–water partition coefficient (Wildman–Crippen LogP) is 2.60. The maximum Gasteiger partial charge on any atom is 0.314 e. The second-order valence-corrected chi connectivity index (χ2v) is 4.81. The predicted molar refractivity (Wildman–Crippen MR) is 83.9 cm³/mol. The number of carbonyl (C=O) groups excluding carboxylic acids is 1. The second kappa shape index (κ2) is 8.07. The van der Waals surface area contributed by atoms with Crippen LogP contribution in [0, 0.1) is 0 Å². The van der Waals surface area contributed by atoms with Gasteiger partial charge in [-0.2, -0.15) is 0 Å². The average Bonchev–Trinajstić information content (AvgIpc) is 3.02. The molecule has 118 valence electrons. The minimum absolute atomic E-state index is 0.152. The molecule has 1 aromatic carbocycles. The molecule has 22 heavy (non-hydrogen) atoms. The maximum atomic E-state index is 11.4. The Bertz CT molecular complexity index is 593. The molecule has 2 rings (SSSR count). The summed E-state index contributed by atoms with van der Waals surface area (Å²) in [5, 5.41) is 5.54. The van der Waals surface area contributed by atoms with Gasteiger partial charge in [-0.15, -0.1) is 0 Å². The van der Waals surface area contributed by atoms with Crippen molar-refractivity contribution in [2.45, 2.75) is 19.8 Å². The molecule has 0 aliphatic rings. The van der Waals surface area contributed by atoms with Crippen molar-refractivity contribution in [3.05, 3.63) is 36.2 Å². The van der Waals surface area contributed by atoms with Gasteiger partial charge in [0.1, 0.15) is 12.0 Å². The van der Waals surface area contributed by atoms with Crippen molar-refractivity contribution in [1.29, 1.82) is 0 Å². The largest absolute Gasteiger partial charge is 0.497 e. The van der Waals surface area contributed by atoms with Crippen molar-refractivity contribution in [2.24, 2.45) is 0 Å². The fraction of sp³-hybridized carbons (Fsp3) is 0.375. The van der Waals surface area contributed by atoms with Crippen molar-refractivity contribution < 1.29 is 13.9 Å². The monoisotopic (exact) mass is 303 g/mol. The molecular formula is C16H21N3O3. The Kier molecular flexibility index (Phi) is 5.82. The summed E-state index contributed by atoms with van der Waals surface area (Å²) in [5.74, 6) is 1.35. The topological polar surface area (TPSA) is 76.4 Å². The Labute approximate surface area is 129 Å². The number of amides is 2. The fourth-order valence-electron chi connectivity index (χ4n) is 1.89. The highest BCUT2D eigenvalue weighted by atomic mass is 16.5. The van der Waals surface area contributed by atoms with Crippen LogP contribution >= 0.6 is 0 Å². The highest BCUT2D eigenvalue weighted by Gasteiger charge is 2.07. The number of urea groups is 1. The normalized spacial score (nSPS) is 10.3. The van der Waals surface area contributed by atoms with E-state index in [4.69, 9.17) is 9.15 Å². The van der Waals surface area contributed by atoms with E-state index in [1.807, 2.05) is 31.2 Å². The number of methoxy groups -OCH3 is 1. The lowest BCUT2D eigenvalue weighted by Crippen LogP contribution is -2.36. The Morgan fingerprint density at radius 3 is 2.64 bits per heavy atom. The van der Waals surface area contributed by atoms with E-state index in [-0.39, 0.29) is 6.03 Å². The van der Waals surface area contributed by atoms with Crippen molar-refractivity contribution in [2.75, 3.05) is 20.2 Å². The van der Waals surface area contributed by atoms with Crippen LogP contribution in [0.15, 0.2) is 34.9 Å². The fourth-order valence-corrected chi connectivity index (χ4v) is 1.89. The van der Waals surface area contributed by atoms with E-state index in [9.17, 15) is 4.79 Å². The van der Waals surface area contributed by atoms with Crippen LogP contribution in [0.25, 0.3) is 11.5 Å². The molecule has 0 unspecified atom stereocenters. The maximum absolute atomic E-state index is 11.4. The van der Waals surface area contributed by atoms with E-state index >= 15 is 0 Å². The molecule has 0 saturated carbocycles. The molecule has 0 bridgehead atoms. The van der Waals surface area contributed by atoms with Gasteiger partial charge in [0.15, 0.2) is 0 Å². The summed E-state index contributed by atoms with van der Waals surface area (Å²) in [6.45, 7) is 3.21. The standard InChI is InChI=1S/C16H21N3O3/c1-3-9-17-16(20)18-10-8-13-11-22-15(19-13)12-4-6-14(21-2)7-5-12/h4-7,11H,3,8-10H2,1-2H3,(H2,17,18,20). The number of oxazole rings is 1. The van der Waals surface area contributed by atoms with Gasteiger partial charge in [0, 0.05) is 25.1 Å². The molecule has 0 atom stereocenters. The first kappa shape index (κ1) is 15.9. The minimum atomic E-state index is -0.152. The van der Waals surface area contributed by atoms with Crippen molar-refractivity contribution in [1.82, 2.24) is 15.6 Å². The van der Waals surface area contributed by atoms with Gasteiger partial charge in [-0.1, -0.05) is 6.92 Å². The second-order valence-electron chi connectivity index (χ2n) is 4.81. The number of ether oxygens (including phenoxy) is 1. The zero-order chi connectivity index (χ0) is 15.8. The Balaban J connectivity index is 1.84. The van der Waals surface area contributed by atoms with Crippen LogP contribution in [0.4, 0.5) is 4.79 Å². The number of hydrogen-bond donors (Lipinski definition) is 2. The molecule has 1 aromatic heterocycles. The van der Waals surface area contributed by atoms with Gasteiger partial charge >= 0.3 is 6.03 Å². The third-order valence-corrected chi connectivity index (χ3v) is 3.09. The number of nitrogens with zero attached hydrogens (tertiary/aromatic N) is 1. The van der Waals surface area contributed by atoms with Crippen molar-refractivity contribution in [3.8, 4) is 17.2 Å². The van der Waals surface area contributed by atoms with Crippen LogP contribution in [0.5, 0.6) is 5.75 Å². The number of aromatic nitrogens is 1. The summed E-state index contributed by atoms with van der Waals surface area (Å²) < 4.78 is 10.6. The SMILES string of the molecule is CCCNC(=O)NCCc1coc(-c2ccc(OC)cc2)n1. The van der Waals surface area contributed by atoms with E-state index in [0.29, 0.717) is 25.4 Å². The Hall–Kier alpha value is -2.50.